The Morgan fingerprint density at radius 1 is 1.22 bits per heavy atom. The Labute approximate surface area is 125 Å². The molecule has 1 nitrogen and oxygen atoms in total. The fourth-order valence-corrected chi connectivity index (χ4v) is 2.62. The molecule has 94 valence electrons. The molecule has 4 heteroatoms. The molecular formula is C14H12BrCl2N. The van der Waals surface area contributed by atoms with E-state index in [1.54, 1.807) is 0 Å². The van der Waals surface area contributed by atoms with E-state index in [-0.39, 0.29) is 4.83 Å². The molecular weight excluding hydrogens is 333 g/mol. The molecule has 1 heterocycles. The van der Waals surface area contributed by atoms with E-state index in [2.05, 4.69) is 33.9 Å². The molecule has 0 bridgehead atoms. The topological polar surface area (TPSA) is 12.9 Å². The van der Waals surface area contributed by atoms with Gasteiger partial charge in [0, 0.05) is 23.1 Å². The molecule has 2 aromatic rings. The molecule has 0 radical (unpaired) electrons. The van der Waals surface area contributed by atoms with Gasteiger partial charge < -0.3 is 0 Å². The average Bonchev–Trinajstić information content (AvgIpc) is 2.35. The third kappa shape index (κ3) is 3.25. The quantitative estimate of drug-likeness (QED) is 0.681. The first-order chi connectivity index (χ1) is 8.58. The molecule has 1 unspecified atom stereocenters. The van der Waals surface area contributed by atoms with Crippen molar-refractivity contribution >= 4 is 39.1 Å². The second-order valence-corrected chi connectivity index (χ2v) is 6.03. The summed E-state index contributed by atoms with van der Waals surface area (Å²) in [5, 5.41) is 1.16. The number of aromatic nitrogens is 1. The van der Waals surface area contributed by atoms with Gasteiger partial charge in [-0.05, 0) is 36.2 Å². The van der Waals surface area contributed by atoms with Crippen LogP contribution in [0.25, 0.3) is 0 Å². The van der Waals surface area contributed by atoms with Crippen LogP contribution in [0, 0.1) is 6.92 Å². The van der Waals surface area contributed by atoms with E-state index in [0.717, 1.165) is 17.7 Å². The molecule has 0 aliphatic rings. The van der Waals surface area contributed by atoms with Crippen molar-refractivity contribution in [2.24, 2.45) is 0 Å². The summed E-state index contributed by atoms with van der Waals surface area (Å²) in [5.74, 6) is 0. The third-order valence-electron chi connectivity index (χ3n) is 2.80. The molecule has 0 spiro atoms. The highest BCUT2D eigenvalue weighted by Crippen LogP contribution is 2.31. The number of pyridine rings is 1. The van der Waals surface area contributed by atoms with Crippen LogP contribution < -0.4 is 0 Å². The maximum Gasteiger partial charge on any atom is 0.0595 e. The monoisotopic (exact) mass is 343 g/mol. The molecule has 0 fully saturated rings. The predicted octanol–water partition coefficient (Wildman–Crippen LogP) is 5.38. The van der Waals surface area contributed by atoms with Gasteiger partial charge in [0.1, 0.15) is 0 Å². The first-order valence-electron chi connectivity index (χ1n) is 5.57. The summed E-state index contributed by atoms with van der Waals surface area (Å²) >= 11 is 15.6. The van der Waals surface area contributed by atoms with Crippen molar-refractivity contribution in [3.05, 3.63) is 63.4 Å². The highest BCUT2D eigenvalue weighted by Gasteiger charge is 2.12. The van der Waals surface area contributed by atoms with E-state index in [0.29, 0.717) is 10.0 Å². The van der Waals surface area contributed by atoms with Crippen LogP contribution in [0.15, 0.2) is 36.5 Å². The maximum absolute atomic E-state index is 6.02. The van der Waals surface area contributed by atoms with E-state index >= 15 is 0 Å². The minimum Gasteiger partial charge on any atom is -0.261 e. The van der Waals surface area contributed by atoms with Crippen molar-refractivity contribution in [1.29, 1.82) is 0 Å². The van der Waals surface area contributed by atoms with Gasteiger partial charge in [-0.15, -0.1) is 0 Å². The molecule has 2 rings (SSSR count). The lowest BCUT2D eigenvalue weighted by molar-refractivity contribution is 0.892. The van der Waals surface area contributed by atoms with Gasteiger partial charge in [-0.1, -0.05) is 51.3 Å². The molecule has 0 saturated heterocycles. The standard InChI is InChI=1S/C14H12BrCl2N/c1-9-3-2-6-18-14(9)8-11(15)10-4-5-12(16)13(17)7-10/h2-7,11H,8H2,1H3. The van der Waals surface area contributed by atoms with Gasteiger partial charge in [0.15, 0.2) is 0 Å². The molecule has 0 N–H and O–H groups in total. The van der Waals surface area contributed by atoms with Gasteiger partial charge in [-0.2, -0.15) is 0 Å². The van der Waals surface area contributed by atoms with Crippen LogP contribution in [0.2, 0.25) is 10.0 Å². The summed E-state index contributed by atoms with van der Waals surface area (Å²) in [6, 6.07) is 9.70. The van der Waals surface area contributed by atoms with Gasteiger partial charge in [0.2, 0.25) is 0 Å². The Bertz CT molecular complexity index is 557. The molecule has 1 aromatic carbocycles. The summed E-state index contributed by atoms with van der Waals surface area (Å²) in [6.45, 7) is 2.07. The highest BCUT2D eigenvalue weighted by atomic mass is 79.9. The van der Waals surface area contributed by atoms with Gasteiger partial charge in [-0.3, -0.25) is 4.98 Å². The smallest absolute Gasteiger partial charge is 0.0595 e. The van der Waals surface area contributed by atoms with Crippen molar-refractivity contribution in [2.45, 2.75) is 18.2 Å². The van der Waals surface area contributed by atoms with Crippen LogP contribution in [-0.2, 0) is 6.42 Å². The summed E-state index contributed by atoms with van der Waals surface area (Å²) in [7, 11) is 0. The van der Waals surface area contributed by atoms with Crippen molar-refractivity contribution in [1.82, 2.24) is 4.98 Å². The Kier molecular flexibility index (Phi) is 4.66. The Morgan fingerprint density at radius 2 is 2.00 bits per heavy atom. The fraction of sp³-hybridized carbons (Fsp3) is 0.214. The lowest BCUT2D eigenvalue weighted by atomic mass is 10.1. The minimum atomic E-state index is 0.181. The summed E-state index contributed by atoms with van der Waals surface area (Å²) in [5.41, 5.74) is 3.39. The zero-order valence-corrected chi connectivity index (χ0v) is 12.9. The second-order valence-electron chi connectivity index (χ2n) is 4.11. The van der Waals surface area contributed by atoms with Crippen molar-refractivity contribution in [3.8, 4) is 0 Å². The SMILES string of the molecule is Cc1cccnc1CC(Br)c1ccc(Cl)c(Cl)c1. The summed E-state index contributed by atoms with van der Waals surface area (Å²) in [4.78, 5) is 4.58. The van der Waals surface area contributed by atoms with Crippen LogP contribution in [0.3, 0.4) is 0 Å². The molecule has 0 amide bonds. The zero-order valence-electron chi connectivity index (χ0n) is 9.83. The minimum absolute atomic E-state index is 0.181. The molecule has 1 aromatic heterocycles. The van der Waals surface area contributed by atoms with Crippen LogP contribution in [0.4, 0.5) is 0 Å². The van der Waals surface area contributed by atoms with E-state index in [4.69, 9.17) is 23.2 Å². The largest absolute Gasteiger partial charge is 0.261 e. The summed E-state index contributed by atoms with van der Waals surface area (Å²) in [6.07, 6.45) is 2.64. The predicted molar refractivity (Wildman–Crippen MR) is 80.8 cm³/mol. The van der Waals surface area contributed by atoms with E-state index in [1.807, 2.05) is 30.5 Å². The number of rotatable bonds is 3. The normalized spacial score (nSPS) is 12.4. The lowest BCUT2D eigenvalue weighted by Crippen LogP contribution is -2.00. The number of alkyl halides is 1. The van der Waals surface area contributed by atoms with Crippen LogP contribution in [0.5, 0.6) is 0 Å². The molecule has 0 aliphatic heterocycles. The van der Waals surface area contributed by atoms with Crippen LogP contribution in [0.1, 0.15) is 21.6 Å². The Balaban J connectivity index is 2.19. The number of hydrogen-bond acceptors (Lipinski definition) is 1. The van der Waals surface area contributed by atoms with E-state index in [9.17, 15) is 0 Å². The van der Waals surface area contributed by atoms with E-state index in [1.165, 1.54) is 5.56 Å². The second kappa shape index (κ2) is 6.05. The first-order valence-corrected chi connectivity index (χ1v) is 7.24. The number of hydrogen-bond donors (Lipinski definition) is 0. The highest BCUT2D eigenvalue weighted by molar-refractivity contribution is 9.09. The number of aryl methyl sites for hydroxylation is 1. The molecule has 0 saturated carbocycles. The number of nitrogens with zero attached hydrogens (tertiary/aromatic N) is 1. The molecule has 0 aliphatic carbocycles. The van der Waals surface area contributed by atoms with Crippen LogP contribution in [-0.4, -0.2) is 4.98 Å². The maximum atomic E-state index is 6.02. The van der Waals surface area contributed by atoms with E-state index < -0.39 is 0 Å². The van der Waals surface area contributed by atoms with Crippen molar-refractivity contribution in [3.63, 3.8) is 0 Å². The average molecular weight is 345 g/mol. The van der Waals surface area contributed by atoms with Gasteiger partial charge >= 0.3 is 0 Å². The summed E-state index contributed by atoms with van der Waals surface area (Å²) < 4.78 is 0. The Morgan fingerprint density at radius 3 is 2.67 bits per heavy atom. The lowest BCUT2D eigenvalue weighted by Gasteiger charge is -2.12. The zero-order chi connectivity index (χ0) is 13.1. The van der Waals surface area contributed by atoms with Crippen molar-refractivity contribution < 1.29 is 0 Å². The van der Waals surface area contributed by atoms with Gasteiger partial charge in [-0.25, -0.2) is 0 Å². The van der Waals surface area contributed by atoms with Crippen LogP contribution >= 0.6 is 39.1 Å². The van der Waals surface area contributed by atoms with Gasteiger partial charge in [0.25, 0.3) is 0 Å². The van der Waals surface area contributed by atoms with Gasteiger partial charge in [0.05, 0.1) is 10.0 Å². The first kappa shape index (κ1) is 13.9. The van der Waals surface area contributed by atoms with Crippen molar-refractivity contribution in [2.75, 3.05) is 0 Å². The number of halogens is 3. The molecule has 1 atom stereocenters. The number of benzene rings is 1. The third-order valence-corrected chi connectivity index (χ3v) is 4.39. The fourth-order valence-electron chi connectivity index (χ4n) is 1.73. The molecule has 18 heavy (non-hydrogen) atoms. The Hall–Kier alpha value is -0.570.